The van der Waals surface area contributed by atoms with Crippen LogP contribution in [-0.2, 0) is 15.6 Å². The van der Waals surface area contributed by atoms with Crippen LogP contribution in [-0.4, -0.2) is 9.99 Å². The Morgan fingerprint density at radius 3 is 2.53 bits per heavy atom. The van der Waals surface area contributed by atoms with Gasteiger partial charge in [-0.05, 0) is 47.7 Å². The van der Waals surface area contributed by atoms with Crippen LogP contribution < -0.4 is 0 Å². The number of ketones is 1. The van der Waals surface area contributed by atoms with Crippen LogP contribution in [0, 0.1) is 11.8 Å². The third kappa shape index (κ3) is 5.10. The largest absolute Gasteiger partial charge is 0.299 e. The van der Waals surface area contributed by atoms with Gasteiger partial charge in [-0.3, -0.25) is 4.79 Å². The Labute approximate surface area is 194 Å². The lowest BCUT2D eigenvalue weighted by atomic mass is 9.76. The summed E-state index contributed by atoms with van der Waals surface area (Å²) in [6.45, 7) is 2.18. The van der Waals surface area contributed by atoms with Crippen LogP contribution in [0.2, 0.25) is 0 Å². The van der Waals surface area contributed by atoms with Crippen molar-refractivity contribution in [2.45, 2.75) is 56.8 Å². The van der Waals surface area contributed by atoms with E-state index in [1.165, 1.54) is 0 Å². The van der Waals surface area contributed by atoms with Crippen LogP contribution in [0.15, 0.2) is 82.6 Å². The van der Waals surface area contributed by atoms with E-state index in [1.54, 1.807) is 0 Å². The highest BCUT2D eigenvalue weighted by atomic mass is 32.2. The van der Waals surface area contributed by atoms with Gasteiger partial charge in [0.2, 0.25) is 0 Å². The van der Waals surface area contributed by atoms with Gasteiger partial charge in [0.1, 0.15) is 5.78 Å². The number of hydrogen-bond donors (Lipinski definition) is 0. The molecule has 3 atom stereocenters. The molecular formula is C29H32O2S. The van der Waals surface area contributed by atoms with E-state index >= 15 is 0 Å². The van der Waals surface area contributed by atoms with Gasteiger partial charge < -0.3 is 0 Å². The molecule has 0 aromatic heterocycles. The van der Waals surface area contributed by atoms with Gasteiger partial charge in [-0.25, -0.2) is 4.21 Å². The monoisotopic (exact) mass is 444 g/mol. The second-order valence-electron chi connectivity index (χ2n) is 8.77. The molecule has 0 heterocycles. The van der Waals surface area contributed by atoms with Crippen molar-refractivity contribution < 1.29 is 9.00 Å². The zero-order chi connectivity index (χ0) is 22.3. The van der Waals surface area contributed by atoms with Gasteiger partial charge in [-0.15, -0.1) is 0 Å². The average Bonchev–Trinajstić information content (AvgIpc) is 2.84. The predicted molar refractivity (Wildman–Crippen MR) is 135 cm³/mol. The van der Waals surface area contributed by atoms with E-state index < -0.39 is 10.8 Å². The minimum atomic E-state index is -1.34. The van der Waals surface area contributed by atoms with Crippen molar-refractivity contribution in [3.8, 4) is 0 Å². The quantitative estimate of drug-likeness (QED) is 0.359. The lowest BCUT2D eigenvalue weighted by Gasteiger charge is -2.31. The van der Waals surface area contributed by atoms with Crippen molar-refractivity contribution in [1.29, 1.82) is 0 Å². The summed E-state index contributed by atoms with van der Waals surface area (Å²) >= 11 is 0. The van der Waals surface area contributed by atoms with E-state index in [4.69, 9.17) is 0 Å². The number of rotatable bonds is 8. The van der Waals surface area contributed by atoms with Crippen LogP contribution in [0.3, 0.4) is 0 Å². The fraction of sp³-hybridized carbons (Fsp3) is 0.345. The highest BCUT2D eigenvalue weighted by molar-refractivity contribution is 7.89. The van der Waals surface area contributed by atoms with Crippen LogP contribution in [0.25, 0.3) is 16.8 Å². The number of carbonyl (C=O) groups excluding carboxylic acids is 1. The molecule has 1 fully saturated rings. The normalized spacial score (nSPS) is 19.1. The van der Waals surface area contributed by atoms with E-state index in [0.717, 1.165) is 64.7 Å². The fourth-order valence-corrected chi connectivity index (χ4v) is 6.54. The summed E-state index contributed by atoms with van der Waals surface area (Å²) in [4.78, 5) is 14.7. The van der Waals surface area contributed by atoms with Crippen molar-refractivity contribution in [1.82, 2.24) is 0 Å². The first-order valence-electron chi connectivity index (χ1n) is 11.9. The Balaban J connectivity index is 1.84. The molecule has 0 saturated heterocycles. The minimum Gasteiger partial charge on any atom is -0.299 e. The van der Waals surface area contributed by atoms with E-state index in [-0.39, 0.29) is 11.8 Å². The van der Waals surface area contributed by atoms with Crippen LogP contribution >= 0.6 is 0 Å². The molecule has 2 nitrogen and oxygen atoms in total. The molecule has 3 aromatic carbocycles. The summed E-state index contributed by atoms with van der Waals surface area (Å²) in [6.07, 6.45) is 8.74. The zero-order valence-electron chi connectivity index (χ0n) is 18.8. The van der Waals surface area contributed by atoms with Crippen LogP contribution in [0.5, 0.6) is 0 Å². The average molecular weight is 445 g/mol. The number of hydrogen-bond acceptors (Lipinski definition) is 2. The molecule has 1 aliphatic rings. The van der Waals surface area contributed by atoms with E-state index in [2.05, 4.69) is 43.3 Å². The molecule has 3 aromatic rings. The molecule has 0 spiro atoms. The molecule has 0 radical (unpaired) electrons. The smallest absolute Gasteiger partial charge is 0.136 e. The van der Waals surface area contributed by atoms with Crippen LogP contribution in [0.4, 0.5) is 0 Å². The maximum Gasteiger partial charge on any atom is 0.136 e. The molecule has 1 aliphatic carbocycles. The van der Waals surface area contributed by atoms with E-state index in [9.17, 15) is 9.00 Å². The Kier molecular flexibility index (Phi) is 7.70. The Morgan fingerprint density at radius 1 is 1.00 bits per heavy atom. The highest BCUT2D eigenvalue weighted by Crippen LogP contribution is 2.39. The summed E-state index contributed by atoms with van der Waals surface area (Å²) in [5.74, 6) is 0.346. The van der Waals surface area contributed by atoms with Crippen LogP contribution in [0.1, 0.15) is 57.4 Å². The molecule has 0 N–H and O–H groups in total. The predicted octanol–water partition coefficient (Wildman–Crippen LogP) is 7.55. The van der Waals surface area contributed by atoms with Gasteiger partial charge in [0.25, 0.3) is 0 Å². The second-order valence-corrected chi connectivity index (χ2v) is 10.2. The molecule has 166 valence electrons. The first-order chi connectivity index (χ1) is 15.7. The Bertz CT molecular complexity index is 1110. The Morgan fingerprint density at radius 2 is 1.75 bits per heavy atom. The van der Waals surface area contributed by atoms with Gasteiger partial charge >= 0.3 is 0 Å². The number of carbonyl (C=O) groups is 1. The molecule has 0 unspecified atom stereocenters. The minimum absolute atomic E-state index is 0.0164. The standard InChI is InChI=1S/C29H32O2S/c1-2-3-16-26(25-18-9-10-19-27(25)30)29(21-22-12-5-4-6-13-22)32(31)28-20-11-15-23-14-7-8-17-24(23)28/h4-8,11-15,17,20-21,25-26H,2-3,9-10,16,18-19H2,1H3/b29-21-/t25-,26-,32-/m1/s1. The molecule has 1 saturated carbocycles. The van der Waals surface area contributed by atoms with E-state index in [0.29, 0.717) is 12.2 Å². The first kappa shape index (κ1) is 22.7. The SMILES string of the molecule is CCCC[C@@H](/C(=C/c1ccccc1)[S@](=O)c1cccc2ccccc12)[C@H]1CCCCC1=O. The van der Waals surface area contributed by atoms with Gasteiger partial charge in [0, 0.05) is 23.2 Å². The number of unbranched alkanes of at least 4 members (excludes halogenated alkanes) is 1. The maximum absolute atomic E-state index is 14.2. The molecule has 4 rings (SSSR count). The maximum atomic E-state index is 14.2. The second kappa shape index (κ2) is 10.9. The third-order valence-corrected chi connectivity index (χ3v) is 8.20. The van der Waals surface area contributed by atoms with Crippen molar-refractivity contribution in [3.05, 3.63) is 83.3 Å². The highest BCUT2D eigenvalue weighted by Gasteiger charge is 2.34. The molecule has 32 heavy (non-hydrogen) atoms. The molecule has 0 bridgehead atoms. The lowest BCUT2D eigenvalue weighted by Crippen LogP contribution is -2.29. The van der Waals surface area contributed by atoms with E-state index in [1.807, 2.05) is 42.5 Å². The number of benzene rings is 3. The summed E-state index contributed by atoms with van der Waals surface area (Å²) in [7, 11) is -1.34. The van der Waals surface area contributed by atoms with Gasteiger partial charge in [-0.2, -0.15) is 0 Å². The Hall–Kier alpha value is -2.52. The van der Waals surface area contributed by atoms with Crippen molar-refractivity contribution in [2.75, 3.05) is 0 Å². The van der Waals surface area contributed by atoms with Crippen molar-refractivity contribution >= 4 is 33.4 Å². The summed E-state index contributed by atoms with van der Waals surface area (Å²) < 4.78 is 14.2. The van der Waals surface area contributed by atoms with Gasteiger partial charge in [0.15, 0.2) is 0 Å². The topological polar surface area (TPSA) is 34.1 Å². The fourth-order valence-electron chi connectivity index (χ4n) is 4.90. The van der Waals surface area contributed by atoms with Gasteiger partial charge in [0.05, 0.1) is 15.7 Å². The lowest BCUT2D eigenvalue weighted by molar-refractivity contribution is -0.125. The summed E-state index contributed by atoms with van der Waals surface area (Å²) in [5, 5.41) is 2.12. The van der Waals surface area contributed by atoms with Crippen molar-refractivity contribution in [2.24, 2.45) is 11.8 Å². The first-order valence-corrected chi connectivity index (χ1v) is 13.0. The third-order valence-electron chi connectivity index (χ3n) is 6.59. The zero-order valence-corrected chi connectivity index (χ0v) is 19.7. The summed E-state index contributed by atoms with van der Waals surface area (Å²) in [5.41, 5.74) is 1.04. The number of fused-ring (bicyclic) bond motifs is 1. The summed E-state index contributed by atoms with van der Waals surface area (Å²) in [6, 6.07) is 24.3. The van der Waals surface area contributed by atoms with Crippen molar-refractivity contribution in [3.63, 3.8) is 0 Å². The number of Topliss-reactive ketones (excluding diaryl/α,β-unsaturated/α-hetero) is 1. The van der Waals surface area contributed by atoms with Gasteiger partial charge in [-0.1, -0.05) is 92.9 Å². The molecular weight excluding hydrogens is 412 g/mol. The number of allylic oxidation sites excluding steroid dienone is 1. The molecule has 3 heteroatoms. The molecule has 0 amide bonds. The molecule has 0 aliphatic heterocycles.